The van der Waals surface area contributed by atoms with E-state index < -0.39 is 0 Å². The fraction of sp³-hybridized carbons (Fsp3) is 0.435. The lowest BCUT2D eigenvalue weighted by Gasteiger charge is -2.20. The number of benzene rings is 1. The van der Waals surface area contributed by atoms with Gasteiger partial charge in [-0.15, -0.1) is 10.2 Å². The summed E-state index contributed by atoms with van der Waals surface area (Å²) in [4.78, 5) is 14.8. The number of rotatable bonds is 10. The van der Waals surface area contributed by atoms with Gasteiger partial charge in [0, 0.05) is 18.1 Å². The van der Waals surface area contributed by atoms with Crippen molar-refractivity contribution in [2.24, 2.45) is 0 Å². The number of amides is 1. The Kier molecular flexibility index (Phi) is 6.75. The summed E-state index contributed by atoms with van der Waals surface area (Å²) < 4.78 is 22.6. The van der Waals surface area contributed by atoms with Gasteiger partial charge in [-0.2, -0.15) is 0 Å². The Morgan fingerprint density at radius 1 is 1.31 bits per heavy atom. The highest BCUT2D eigenvalue weighted by molar-refractivity contribution is 5.94. The molecule has 1 unspecified atom stereocenters. The summed E-state index contributed by atoms with van der Waals surface area (Å²) in [5.74, 6) is 2.54. The number of aromatic nitrogens is 2. The van der Waals surface area contributed by atoms with Gasteiger partial charge in [0.05, 0.1) is 31.6 Å². The van der Waals surface area contributed by atoms with Crippen LogP contribution in [-0.4, -0.2) is 46.8 Å². The van der Waals surface area contributed by atoms with Crippen LogP contribution in [0.15, 0.2) is 39.4 Å². The van der Waals surface area contributed by atoms with Crippen LogP contribution >= 0.6 is 0 Å². The van der Waals surface area contributed by atoms with Gasteiger partial charge in [0.1, 0.15) is 17.6 Å². The monoisotopic (exact) mass is 440 g/mol. The van der Waals surface area contributed by atoms with E-state index in [1.807, 2.05) is 30.9 Å². The summed E-state index contributed by atoms with van der Waals surface area (Å²) in [6, 6.07) is 7.32. The van der Waals surface area contributed by atoms with Crippen LogP contribution in [0.25, 0.3) is 11.7 Å². The van der Waals surface area contributed by atoms with Crippen molar-refractivity contribution in [1.29, 1.82) is 0 Å². The highest BCUT2D eigenvalue weighted by Gasteiger charge is 2.23. The molecule has 9 nitrogen and oxygen atoms in total. The van der Waals surface area contributed by atoms with Crippen molar-refractivity contribution in [3.05, 3.63) is 42.0 Å². The van der Waals surface area contributed by atoms with Gasteiger partial charge in [-0.1, -0.05) is 6.92 Å². The molecule has 2 aromatic heterocycles. The predicted molar refractivity (Wildman–Crippen MR) is 118 cm³/mol. The number of furan rings is 1. The largest absolute Gasteiger partial charge is 0.492 e. The van der Waals surface area contributed by atoms with Crippen molar-refractivity contribution in [3.8, 4) is 23.1 Å². The number of carbonyl (C=O) groups is 1. The second kappa shape index (κ2) is 9.86. The molecule has 1 aliphatic rings. The molecule has 1 atom stereocenters. The minimum Gasteiger partial charge on any atom is -0.492 e. The number of hydrogen-bond acceptors (Lipinski definition) is 8. The average molecular weight is 441 g/mol. The maximum Gasteiger partial charge on any atom is 0.283 e. The zero-order chi connectivity index (χ0) is 22.5. The zero-order valence-electron chi connectivity index (χ0n) is 18.6. The van der Waals surface area contributed by atoms with Crippen LogP contribution < -0.4 is 14.8 Å². The summed E-state index contributed by atoms with van der Waals surface area (Å²) in [5, 5.41) is 11.1. The topological polar surface area (TPSA) is 103 Å². The fourth-order valence-corrected chi connectivity index (χ4v) is 3.74. The molecule has 1 aromatic carbocycles. The number of fused-ring (bicyclic) bond motifs is 1. The summed E-state index contributed by atoms with van der Waals surface area (Å²) in [5.41, 5.74) is 1.70. The van der Waals surface area contributed by atoms with Gasteiger partial charge in [-0.25, -0.2) is 0 Å². The first-order valence-electron chi connectivity index (χ1n) is 10.9. The minimum absolute atomic E-state index is 0.117. The van der Waals surface area contributed by atoms with Gasteiger partial charge in [-0.05, 0) is 45.0 Å². The van der Waals surface area contributed by atoms with Crippen molar-refractivity contribution in [1.82, 2.24) is 15.1 Å². The molecule has 0 radical (unpaired) electrons. The number of nitrogens with zero attached hydrogens (tertiary/aromatic N) is 3. The first-order chi connectivity index (χ1) is 15.6. The first-order valence-corrected chi connectivity index (χ1v) is 10.9. The number of carbonyl (C=O) groups excluding carboxylic acids is 1. The van der Waals surface area contributed by atoms with Crippen molar-refractivity contribution in [2.75, 3.05) is 25.0 Å². The van der Waals surface area contributed by atoms with E-state index in [1.54, 1.807) is 18.4 Å². The van der Waals surface area contributed by atoms with Gasteiger partial charge in [0.2, 0.25) is 11.8 Å². The maximum absolute atomic E-state index is 12.9. The molecular formula is C23H28N4O5. The van der Waals surface area contributed by atoms with Crippen molar-refractivity contribution in [2.45, 2.75) is 46.3 Å². The van der Waals surface area contributed by atoms with Crippen LogP contribution in [0, 0.1) is 0 Å². The lowest BCUT2D eigenvalue weighted by molar-refractivity contribution is -0.117. The Bertz CT molecular complexity index is 1050. The summed E-state index contributed by atoms with van der Waals surface area (Å²) in [6.07, 6.45) is 3.37. The standard InChI is InChI=1S/C23H28N4O5/c1-4-8-27(14-22-25-26-23(32-22)18-7-6-9-30-18)13-21(28)24-17-12-19-16(10-15(3)31-19)11-20(17)29-5-2/h6-7,9,11-12,15H,4-5,8,10,13-14H2,1-3H3,(H,24,28). The van der Waals surface area contributed by atoms with Crippen LogP contribution in [0.1, 0.15) is 38.6 Å². The van der Waals surface area contributed by atoms with E-state index >= 15 is 0 Å². The van der Waals surface area contributed by atoms with Gasteiger partial charge in [0.25, 0.3) is 5.89 Å². The highest BCUT2D eigenvalue weighted by Crippen LogP contribution is 2.38. The van der Waals surface area contributed by atoms with Crippen LogP contribution in [-0.2, 0) is 17.8 Å². The van der Waals surface area contributed by atoms with E-state index in [0.717, 1.165) is 24.2 Å². The van der Waals surface area contributed by atoms with Crippen molar-refractivity contribution >= 4 is 11.6 Å². The molecule has 1 aliphatic heterocycles. The minimum atomic E-state index is -0.156. The van der Waals surface area contributed by atoms with Crippen molar-refractivity contribution < 1.29 is 23.1 Å². The quantitative estimate of drug-likeness (QED) is 0.506. The number of nitrogens with one attached hydrogen (secondary N) is 1. The SMILES string of the molecule is CCCN(CC(=O)Nc1cc2c(cc1OCC)CC(C)O2)Cc1nnc(-c2ccco2)o1. The second-order valence-electron chi connectivity index (χ2n) is 7.76. The normalized spacial score (nSPS) is 14.9. The lowest BCUT2D eigenvalue weighted by Crippen LogP contribution is -2.33. The number of anilines is 1. The van der Waals surface area contributed by atoms with Gasteiger partial charge < -0.3 is 23.6 Å². The molecule has 0 saturated carbocycles. The molecule has 0 bridgehead atoms. The maximum atomic E-state index is 12.9. The Labute approximate surface area is 186 Å². The molecule has 170 valence electrons. The third-order valence-corrected chi connectivity index (χ3v) is 5.04. The predicted octanol–water partition coefficient (Wildman–Crippen LogP) is 3.90. The molecule has 0 spiro atoms. The molecule has 3 heterocycles. The first kappa shape index (κ1) is 21.9. The smallest absolute Gasteiger partial charge is 0.283 e. The average Bonchev–Trinajstić information content (AvgIpc) is 3.48. The van der Waals surface area contributed by atoms with Gasteiger partial charge >= 0.3 is 0 Å². The Morgan fingerprint density at radius 3 is 2.94 bits per heavy atom. The number of ether oxygens (including phenoxy) is 2. The molecular weight excluding hydrogens is 412 g/mol. The van der Waals surface area contributed by atoms with Crippen LogP contribution in [0.5, 0.6) is 11.5 Å². The summed E-state index contributed by atoms with van der Waals surface area (Å²) in [6.45, 7) is 7.74. The molecule has 0 saturated heterocycles. The molecule has 4 rings (SSSR count). The van der Waals surface area contributed by atoms with Crippen LogP contribution in [0.3, 0.4) is 0 Å². The van der Waals surface area contributed by atoms with E-state index in [1.165, 1.54) is 0 Å². The molecule has 0 fully saturated rings. The van der Waals surface area contributed by atoms with Crippen LogP contribution in [0.4, 0.5) is 5.69 Å². The molecule has 32 heavy (non-hydrogen) atoms. The fourth-order valence-electron chi connectivity index (χ4n) is 3.74. The molecule has 1 N–H and O–H groups in total. The Hall–Kier alpha value is -3.33. The lowest BCUT2D eigenvalue weighted by atomic mass is 10.1. The summed E-state index contributed by atoms with van der Waals surface area (Å²) in [7, 11) is 0. The third kappa shape index (κ3) is 5.11. The van der Waals surface area contributed by atoms with Crippen LogP contribution in [0.2, 0.25) is 0 Å². The molecule has 1 amide bonds. The van der Waals surface area contributed by atoms with Gasteiger partial charge in [-0.3, -0.25) is 9.69 Å². The number of hydrogen-bond donors (Lipinski definition) is 1. The Morgan fingerprint density at radius 2 is 2.19 bits per heavy atom. The Balaban J connectivity index is 1.43. The van der Waals surface area contributed by atoms with E-state index in [2.05, 4.69) is 22.4 Å². The van der Waals surface area contributed by atoms with E-state index in [-0.39, 0.29) is 18.6 Å². The zero-order valence-corrected chi connectivity index (χ0v) is 18.6. The third-order valence-electron chi connectivity index (χ3n) is 5.04. The van der Waals surface area contributed by atoms with E-state index in [0.29, 0.717) is 48.7 Å². The second-order valence-corrected chi connectivity index (χ2v) is 7.76. The molecule has 0 aliphatic carbocycles. The van der Waals surface area contributed by atoms with Crippen molar-refractivity contribution in [3.63, 3.8) is 0 Å². The molecule has 3 aromatic rings. The van der Waals surface area contributed by atoms with E-state index in [9.17, 15) is 4.79 Å². The summed E-state index contributed by atoms with van der Waals surface area (Å²) >= 11 is 0. The highest BCUT2D eigenvalue weighted by atomic mass is 16.5. The van der Waals surface area contributed by atoms with Gasteiger partial charge in [0.15, 0.2) is 5.76 Å². The van der Waals surface area contributed by atoms with E-state index in [4.69, 9.17) is 18.3 Å². The molecule has 9 heteroatoms.